The Hall–Kier alpha value is -0.930. The predicted molar refractivity (Wildman–Crippen MR) is 67.4 cm³/mol. The smallest absolute Gasteiger partial charge is 0.0709 e. The Morgan fingerprint density at radius 3 is 3.00 bits per heavy atom. The van der Waals surface area contributed by atoms with E-state index in [9.17, 15) is 5.11 Å². The zero-order valence-electron chi connectivity index (χ0n) is 8.83. The summed E-state index contributed by atoms with van der Waals surface area (Å²) >= 11 is 3.47. The van der Waals surface area contributed by atoms with E-state index < -0.39 is 0 Å². The van der Waals surface area contributed by atoms with E-state index in [0.29, 0.717) is 0 Å². The van der Waals surface area contributed by atoms with Crippen molar-refractivity contribution in [3.05, 3.63) is 39.5 Å². The molecule has 1 aromatic carbocycles. The molecule has 1 aliphatic rings. The molecule has 82 valence electrons. The zero-order valence-corrected chi connectivity index (χ0v) is 10.4. The second-order valence-electron chi connectivity index (χ2n) is 4.19. The van der Waals surface area contributed by atoms with E-state index in [1.165, 1.54) is 11.3 Å². The molecule has 2 aromatic rings. The van der Waals surface area contributed by atoms with Crippen LogP contribution >= 0.6 is 15.9 Å². The molecule has 0 fully saturated rings. The maximum Gasteiger partial charge on any atom is 0.0709 e. The van der Waals surface area contributed by atoms with E-state index in [1.807, 2.05) is 18.2 Å². The van der Waals surface area contributed by atoms with Crippen molar-refractivity contribution < 1.29 is 5.11 Å². The Kier molecular flexibility index (Phi) is 2.45. The molecule has 1 aromatic heterocycles. The fourth-order valence-electron chi connectivity index (χ4n) is 2.51. The average molecular weight is 278 g/mol. The fourth-order valence-corrected chi connectivity index (χ4v) is 2.87. The summed E-state index contributed by atoms with van der Waals surface area (Å²) in [5.74, 6) is 0. The predicted octanol–water partition coefficient (Wildman–Crippen LogP) is 2.98. The van der Waals surface area contributed by atoms with Crippen molar-refractivity contribution in [2.75, 3.05) is 0 Å². The van der Waals surface area contributed by atoms with Gasteiger partial charge in [0.15, 0.2) is 0 Å². The van der Waals surface area contributed by atoms with Crippen LogP contribution in [0.1, 0.15) is 23.2 Å². The number of benzene rings is 1. The molecule has 0 unspecified atom stereocenters. The van der Waals surface area contributed by atoms with Crippen LogP contribution in [0.5, 0.6) is 0 Å². The van der Waals surface area contributed by atoms with Gasteiger partial charge >= 0.3 is 0 Å². The number of fused-ring (bicyclic) bond motifs is 2. The Bertz CT molecular complexity index is 565. The number of rotatable bonds is 1. The molecular formula is C13H12BrNO. The summed E-state index contributed by atoms with van der Waals surface area (Å²) in [6.45, 7) is 0.109. The lowest BCUT2D eigenvalue weighted by Gasteiger charge is -2.10. The van der Waals surface area contributed by atoms with Gasteiger partial charge in [0.2, 0.25) is 0 Å². The van der Waals surface area contributed by atoms with Crippen LogP contribution in [0.4, 0.5) is 0 Å². The first kappa shape index (κ1) is 10.2. The molecule has 1 aliphatic carbocycles. The molecule has 0 bridgehead atoms. The van der Waals surface area contributed by atoms with E-state index in [2.05, 4.69) is 20.9 Å². The maximum atomic E-state index is 9.55. The molecule has 1 N–H and O–H groups in total. The molecule has 0 amide bonds. The second kappa shape index (κ2) is 3.82. The first-order chi connectivity index (χ1) is 7.79. The highest BCUT2D eigenvalue weighted by atomic mass is 79.9. The molecule has 0 saturated carbocycles. The first-order valence-corrected chi connectivity index (χ1v) is 6.29. The summed E-state index contributed by atoms with van der Waals surface area (Å²) in [5.41, 5.74) is 4.51. The largest absolute Gasteiger partial charge is 0.392 e. The molecule has 16 heavy (non-hydrogen) atoms. The number of aryl methyl sites for hydroxylation is 1. The minimum atomic E-state index is 0.109. The van der Waals surface area contributed by atoms with Gasteiger partial charge in [0.1, 0.15) is 0 Å². The number of hydrogen-bond donors (Lipinski definition) is 1. The third-order valence-corrected chi connectivity index (χ3v) is 3.74. The van der Waals surface area contributed by atoms with Crippen molar-refractivity contribution in [1.29, 1.82) is 0 Å². The Morgan fingerprint density at radius 1 is 1.31 bits per heavy atom. The van der Waals surface area contributed by atoms with E-state index in [0.717, 1.165) is 40.2 Å². The van der Waals surface area contributed by atoms with Crippen molar-refractivity contribution in [1.82, 2.24) is 4.98 Å². The van der Waals surface area contributed by atoms with E-state index >= 15 is 0 Å². The molecular weight excluding hydrogens is 266 g/mol. The summed E-state index contributed by atoms with van der Waals surface area (Å²) in [6.07, 6.45) is 3.27. The Labute approximate surface area is 102 Å². The number of halogens is 1. The van der Waals surface area contributed by atoms with E-state index in [1.54, 1.807) is 0 Å². The fraction of sp³-hybridized carbons (Fsp3) is 0.308. The van der Waals surface area contributed by atoms with Gasteiger partial charge in [0, 0.05) is 15.6 Å². The van der Waals surface area contributed by atoms with Gasteiger partial charge in [-0.2, -0.15) is 0 Å². The highest BCUT2D eigenvalue weighted by Crippen LogP contribution is 2.31. The summed E-state index contributed by atoms with van der Waals surface area (Å²) in [5, 5.41) is 10.6. The highest BCUT2D eigenvalue weighted by Gasteiger charge is 2.18. The van der Waals surface area contributed by atoms with Gasteiger partial charge in [-0.05, 0) is 48.6 Å². The molecule has 2 nitrogen and oxygen atoms in total. The summed E-state index contributed by atoms with van der Waals surface area (Å²) in [6, 6.07) is 6.06. The average Bonchev–Trinajstić information content (AvgIpc) is 2.73. The molecule has 3 rings (SSSR count). The summed E-state index contributed by atoms with van der Waals surface area (Å²) in [7, 11) is 0. The van der Waals surface area contributed by atoms with Crippen LogP contribution in [-0.2, 0) is 19.4 Å². The lowest BCUT2D eigenvalue weighted by Crippen LogP contribution is -1.98. The van der Waals surface area contributed by atoms with Crippen LogP contribution < -0.4 is 0 Å². The SMILES string of the molecule is OCc1c2c(nc3ccc(Br)cc13)CCC2. The van der Waals surface area contributed by atoms with Crippen LogP contribution in [0.3, 0.4) is 0 Å². The van der Waals surface area contributed by atoms with Gasteiger partial charge in [-0.25, -0.2) is 0 Å². The lowest BCUT2D eigenvalue weighted by molar-refractivity contribution is 0.282. The van der Waals surface area contributed by atoms with Crippen LogP contribution in [0.2, 0.25) is 0 Å². The minimum Gasteiger partial charge on any atom is -0.392 e. The highest BCUT2D eigenvalue weighted by molar-refractivity contribution is 9.10. The van der Waals surface area contributed by atoms with Crippen molar-refractivity contribution >= 4 is 26.8 Å². The first-order valence-electron chi connectivity index (χ1n) is 5.50. The molecule has 1 heterocycles. The molecule has 3 heteroatoms. The third-order valence-electron chi connectivity index (χ3n) is 3.25. The lowest BCUT2D eigenvalue weighted by atomic mass is 10.0. The van der Waals surface area contributed by atoms with Crippen molar-refractivity contribution in [3.63, 3.8) is 0 Å². The normalized spacial score (nSPS) is 14.4. The van der Waals surface area contributed by atoms with Crippen molar-refractivity contribution in [2.24, 2.45) is 0 Å². The summed E-state index contributed by atoms with van der Waals surface area (Å²) < 4.78 is 1.04. The van der Waals surface area contributed by atoms with Gasteiger partial charge in [0.05, 0.1) is 12.1 Å². The van der Waals surface area contributed by atoms with Crippen molar-refractivity contribution in [3.8, 4) is 0 Å². The number of nitrogens with zero attached hydrogens (tertiary/aromatic N) is 1. The number of aliphatic hydroxyl groups is 1. The zero-order chi connectivity index (χ0) is 11.1. The molecule has 0 radical (unpaired) electrons. The number of aliphatic hydroxyl groups excluding tert-OH is 1. The number of aromatic nitrogens is 1. The van der Waals surface area contributed by atoms with Gasteiger partial charge in [-0.15, -0.1) is 0 Å². The molecule has 0 spiro atoms. The van der Waals surface area contributed by atoms with Crippen LogP contribution in [0.25, 0.3) is 10.9 Å². The van der Waals surface area contributed by atoms with Crippen LogP contribution in [0.15, 0.2) is 22.7 Å². The Morgan fingerprint density at radius 2 is 2.19 bits per heavy atom. The Balaban J connectivity index is 2.40. The van der Waals surface area contributed by atoms with Gasteiger partial charge < -0.3 is 5.11 Å². The number of hydrogen-bond acceptors (Lipinski definition) is 2. The minimum absolute atomic E-state index is 0.109. The summed E-state index contributed by atoms with van der Waals surface area (Å²) in [4.78, 5) is 4.67. The molecule has 0 atom stereocenters. The molecule has 0 aliphatic heterocycles. The van der Waals surface area contributed by atoms with Crippen LogP contribution in [0, 0.1) is 0 Å². The van der Waals surface area contributed by atoms with Crippen LogP contribution in [-0.4, -0.2) is 10.1 Å². The molecule has 0 saturated heterocycles. The standard InChI is InChI=1S/C13H12BrNO/c14-8-4-5-13-10(6-8)11(7-16)9-2-1-3-12(9)15-13/h4-6,16H,1-3,7H2. The number of pyridine rings is 1. The van der Waals surface area contributed by atoms with Crippen molar-refractivity contribution in [2.45, 2.75) is 25.9 Å². The topological polar surface area (TPSA) is 33.1 Å². The monoisotopic (exact) mass is 277 g/mol. The van der Waals surface area contributed by atoms with E-state index in [-0.39, 0.29) is 6.61 Å². The van der Waals surface area contributed by atoms with Gasteiger partial charge in [0.25, 0.3) is 0 Å². The van der Waals surface area contributed by atoms with Gasteiger partial charge in [-0.1, -0.05) is 15.9 Å². The third kappa shape index (κ3) is 1.46. The van der Waals surface area contributed by atoms with E-state index in [4.69, 9.17) is 0 Å². The maximum absolute atomic E-state index is 9.55. The second-order valence-corrected chi connectivity index (χ2v) is 5.10. The van der Waals surface area contributed by atoms with Gasteiger partial charge in [-0.3, -0.25) is 4.98 Å². The quantitative estimate of drug-likeness (QED) is 0.870.